The summed E-state index contributed by atoms with van der Waals surface area (Å²) in [6, 6.07) is 0. The second-order valence-electron chi connectivity index (χ2n) is 3.53. The summed E-state index contributed by atoms with van der Waals surface area (Å²) in [4.78, 5) is 11.3. The van der Waals surface area contributed by atoms with E-state index < -0.39 is 0 Å². The fourth-order valence-electron chi connectivity index (χ4n) is 1.12. The van der Waals surface area contributed by atoms with Gasteiger partial charge in [0.25, 0.3) is 0 Å². The Kier molecular flexibility index (Phi) is 9.26. The molecule has 0 rings (SSSR count). The van der Waals surface area contributed by atoms with Crippen LogP contribution in [0, 0.1) is 0 Å². The fraction of sp³-hybridized carbons (Fsp3) is 0.909. The summed E-state index contributed by atoms with van der Waals surface area (Å²) in [7, 11) is 0. The zero-order valence-corrected chi connectivity index (χ0v) is 10.2. The summed E-state index contributed by atoms with van der Waals surface area (Å²) in [5, 5.41) is -0.224. The Labute approximate surface area is 92.8 Å². The Morgan fingerprint density at radius 3 is 2.43 bits per heavy atom. The Balaban J connectivity index is 3.44. The van der Waals surface area contributed by atoms with E-state index in [1.807, 2.05) is 0 Å². The minimum atomic E-state index is -0.224. The van der Waals surface area contributed by atoms with Crippen molar-refractivity contribution < 1.29 is 9.53 Å². The number of thiol groups is 1. The maximum atomic E-state index is 11.3. The van der Waals surface area contributed by atoms with Crippen molar-refractivity contribution in [1.29, 1.82) is 0 Å². The summed E-state index contributed by atoms with van der Waals surface area (Å²) in [5.41, 5.74) is 0. The lowest BCUT2D eigenvalue weighted by atomic mass is 10.1. The van der Waals surface area contributed by atoms with E-state index in [0.717, 1.165) is 25.7 Å². The summed E-state index contributed by atoms with van der Waals surface area (Å²) in [6.45, 7) is 4.76. The molecule has 0 aromatic rings. The minimum absolute atomic E-state index is 0.155. The Morgan fingerprint density at radius 1 is 1.21 bits per heavy atom. The molecule has 0 saturated carbocycles. The SMILES string of the molecule is CCCCCC(S)C(=O)OCCCC. The van der Waals surface area contributed by atoms with Crippen LogP contribution in [-0.2, 0) is 9.53 Å². The van der Waals surface area contributed by atoms with Crippen LogP contribution in [0.3, 0.4) is 0 Å². The number of unbranched alkanes of at least 4 members (excludes halogenated alkanes) is 3. The van der Waals surface area contributed by atoms with E-state index in [0.29, 0.717) is 6.61 Å². The first-order valence-corrected chi connectivity index (χ1v) is 6.08. The van der Waals surface area contributed by atoms with E-state index in [1.54, 1.807) is 0 Å². The molecular formula is C11H22O2S. The number of rotatable bonds is 8. The predicted octanol–water partition coefficient (Wildman–Crippen LogP) is 3.21. The smallest absolute Gasteiger partial charge is 0.318 e. The Bertz CT molecular complexity index is 148. The molecular weight excluding hydrogens is 196 g/mol. The molecule has 0 bridgehead atoms. The standard InChI is InChI=1S/C11H22O2S/c1-3-5-7-8-10(14)11(12)13-9-6-4-2/h10,14H,3-9H2,1-2H3. The van der Waals surface area contributed by atoms with Gasteiger partial charge in [0.05, 0.1) is 11.9 Å². The number of carbonyl (C=O) groups excluding carboxylic acids is 1. The summed E-state index contributed by atoms with van der Waals surface area (Å²) >= 11 is 4.23. The molecule has 0 radical (unpaired) electrons. The van der Waals surface area contributed by atoms with Crippen molar-refractivity contribution in [3.05, 3.63) is 0 Å². The number of carbonyl (C=O) groups is 1. The average Bonchev–Trinajstić information content (AvgIpc) is 2.18. The third-order valence-electron chi connectivity index (χ3n) is 2.10. The molecule has 0 aromatic heterocycles. The van der Waals surface area contributed by atoms with E-state index in [4.69, 9.17) is 4.74 Å². The van der Waals surface area contributed by atoms with Crippen LogP contribution in [-0.4, -0.2) is 17.8 Å². The molecule has 14 heavy (non-hydrogen) atoms. The van der Waals surface area contributed by atoms with E-state index >= 15 is 0 Å². The van der Waals surface area contributed by atoms with Gasteiger partial charge in [-0.3, -0.25) is 4.79 Å². The highest BCUT2D eigenvalue weighted by Gasteiger charge is 2.14. The summed E-state index contributed by atoms with van der Waals surface area (Å²) in [5.74, 6) is -0.155. The van der Waals surface area contributed by atoms with Gasteiger partial charge in [-0.1, -0.05) is 39.5 Å². The maximum absolute atomic E-state index is 11.3. The molecule has 0 aliphatic heterocycles. The highest BCUT2D eigenvalue weighted by atomic mass is 32.1. The molecule has 0 aliphatic rings. The fourth-order valence-corrected chi connectivity index (χ4v) is 1.38. The molecule has 0 N–H and O–H groups in total. The van der Waals surface area contributed by atoms with E-state index in [9.17, 15) is 4.79 Å². The van der Waals surface area contributed by atoms with Gasteiger partial charge in [-0.15, -0.1) is 0 Å². The van der Waals surface area contributed by atoms with Gasteiger partial charge in [0, 0.05) is 0 Å². The van der Waals surface area contributed by atoms with Crippen molar-refractivity contribution >= 4 is 18.6 Å². The lowest BCUT2D eigenvalue weighted by molar-refractivity contribution is -0.143. The molecule has 0 spiro atoms. The number of ether oxygens (including phenoxy) is 1. The third-order valence-corrected chi connectivity index (χ3v) is 2.56. The van der Waals surface area contributed by atoms with Gasteiger partial charge in [-0.05, 0) is 12.8 Å². The van der Waals surface area contributed by atoms with Crippen molar-refractivity contribution in [2.75, 3.05) is 6.61 Å². The monoisotopic (exact) mass is 218 g/mol. The molecule has 1 unspecified atom stereocenters. The molecule has 0 saturated heterocycles. The lowest BCUT2D eigenvalue weighted by Crippen LogP contribution is -2.18. The van der Waals surface area contributed by atoms with Crippen molar-refractivity contribution in [3.8, 4) is 0 Å². The van der Waals surface area contributed by atoms with Crippen LogP contribution < -0.4 is 0 Å². The maximum Gasteiger partial charge on any atom is 0.318 e. The van der Waals surface area contributed by atoms with Crippen LogP contribution >= 0.6 is 12.6 Å². The normalized spacial score (nSPS) is 12.5. The molecule has 0 amide bonds. The van der Waals surface area contributed by atoms with Crippen LogP contribution in [0.1, 0.15) is 52.4 Å². The van der Waals surface area contributed by atoms with Gasteiger partial charge in [-0.2, -0.15) is 12.6 Å². The van der Waals surface area contributed by atoms with E-state index in [1.165, 1.54) is 12.8 Å². The zero-order valence-electron chi connectivity index (χ0n) is 9.29. The largest absolute Gasteiger partial charge is 0.465 e. The van der Waals surface area contributed by atoms with Gasteiger partial charge in [0.1, 0.15) is 0 Å². The lowest BCUT2D eigenvalue weighted by Gasteiger charge is -2.09. The molecule has 1 atom stereocenters. The first kappa shape index (κ1) is 13.8. The number of hydrogen-bond acceptors (Lipinski definition) is 3. The molecule has 0 aliphatic carbocycles. The van der Waals surface area contributed by atoms with Crippen LogP contribution in [0.5, 0.6) is 0 Å². The van der Waals surface area contributed by atoms with E-state index in [2.05, 4.69) is 26.5 Å². The molecule has 2 nitrogen and oxygen atoms in total. The molecule has 0 heterocycles. The van der Waals surface area contributed by atoms with Gasteiger partial charge in [-0.25, -0.2) is 0 Å². The second-order valence-corrected chi connectivity index (χ2v) is 4.16. The average molecular weight is 218 g/mol. The zero-order chi connectivity index (χ0) is 10.8. The summed E-state index contributed by atoms with van der Waals surface area (Å²) in [6.07, 6.45) is 6.24. The summed E-state index contributed by atoms with van der Waals surface area (Å²) < 4.78 is 5.06. The third kappa shape index (κ3) is 7.25. The predicted molar refractivity (Wildman–Crippen MR) is 62.8 cm³/mol. The highest BCUT2D eigenvalue weighted by Crippen LogP contribution is 2.10. The first-order valence-electron chi connectivity index (χ1n) is 5.57. The van der Waals surface area contributed by atoms with Crippen LogP contribution in [0.4, 0.5) is 0 Å². The van der Waals surface area contributed by atoms with Gasteiger partial charge >= 0.3 is 5.97 Å². The van der Waals surface area contributed by atoms with Gasteiger partial charge in [0.15, 0.2) is 0 Å². The van der Waals surface area contributed by atoms with E-state index in [-0.39, 0.29) is 11.2 Å². The van der Waals surface area contributed by atoms with Crippen LogP contribution in [0.2, 0.25) is 0 Å². The Morgan fingerprint density at radius 2 is 1.86 bits per heavy atom. The van der Waals surface area contributed by atoms with Gasteiger partial charge in [0.2, 0.25) is 0 Å². The van der Waals surface area contributed by atoms with Crippen molar-refractivity contribution in [2.24, 2.45) is 0 Å². The van der Waals surface area contributed by atoms with Crippen LogP contribution in [0.25, 0.3) is 0 Å². The quantitative estimate of drug-likeness (QED) is 0.385. The molecule has 0 fully saturated rings. The molecule has 3 heteroatoms. The topological polar surface area (TPSA) is 26.3 Å². The minimum Gasteiger partial charge on any atom is -0.465 e. The van der Waals surface area contributed by atoms with Crippen molar-refractivity contribution in [1.82, 2.24) is 0 Å². The highest BCUT2D eigenvalue weighted by molar-refractivity contribution is 7.81. The van der Waals surface area contributed by atoms with Crippen molar-refractivity contribution in [2.45, 2.75) is 57.6 Å². The Hall–Kier alpha value is -0.180. The second kappa shape index (κ2) is 9.38. The first-order chi connectivity index (χ1) is 6.72. The number of hydrogen-bond donors (Lipinski definition) is 1. The number of esters is 1. The van der Waals surface area contributed by atoms with Crippen molar-refractivity contribution in [3.63, 3.8) is 0 Å². The van der Waals surface area contributed by atoms with Gasteiger partial charge < -0.3 is 4.74 Å². The molecule has 84 valence electrons. The van der Waals surface area contributed by atoms with Crippen LogP contribution in [0.15, 0.2) is 0 Å². The molecule has 0 aromatic carbocycles.